The van der Waals surface area contributed by atoms with Crippen molar-refractivity contribution in [1.82, 2.24) is 10.2 Å². The third kappa shape index (κ3) is 2.39. The maximum Gasteiger partial charge on any atom is 0.237 e. The van der Waals surface area contributed by atoms with Crippen LogP contribution in [0.2, 0.25) is 0 Å². The van der Waals surface area contributed by atoms with E-state index in [1.165, 1.54) is 0 Å². The lowest BCUT2D eigenvalue weighted by atomic mass is 10.00. The van der Waals surface area contributed by atoms with E-state index in [0.29, 0.717) is 13.2 Å². The van der Waals surface area contributed by atoms with Crippen molar-refractivity contribution in [2.24, 2.45) is 0 Å². The van der Waals surface area contributed by atoms with Gasteiger partial charge in [-0.15, -0.1) is 0 Å². The van der Waals surface area contributed by atoms with E-state index in [4.69, 9.17) is 9.47 Å². The topological polar surface area (TPSA) is 50.8 Å². The molecular weight excluding hydrogens is 232 g/mol. The Kier molecular flexibility index (Phi) is 3.54. The summed E-state index contributed by atoms with van der Waals surface area (Å²) >= 11 is 0. The molecule has 0 aromatic carbocycles. The first-order valence-electron chi connectivity index (χ1n) is 7.09. The summed E-state index contributed by atoms with van der Waals surface area (Å²) in [7, 11) is 0. The minimum absolute atomic E-state index is 0.0613. The standard InChI is InChI=1S/C13H22N2O3/c16-12-11(3-1-2-6-14-12)15-7-4-13(5-8-15)17-9-10-18-13/h11H,1-10H2,(H,14,16). The summed E-state index contributed by atoms with van der Waals surface area (Å²) in [5, 5.41) is 3.01. The van der Waals surface area contributed by atoms with Crippen molar-refractivity contribution in [3.63, 3.8) is 0 Å². The third-order valence-corrected chi connectivity index (χ3v) is 4.32. The second-order valence-electron chi connectivity index (χ2n) is 5.45. The first-order chi connectivity index (χ1) is 8.79. The number of likely N-dealkylation sites (tertiary alicyclic amines) is 1. The van der Waals surface area contributed by atoms with Crippen LogP contribution in [0.25, 0.3) is 0 Å². The summed E-state index contributed by atoms with van der Waals surface area (Å²) in [5.74, 6) is -0.130. The predicted molar refractivity (Wildman–Crippen MR) is 66.1 cm³/mol. The molecule has 0 bridgehead atoms. The van der Waals surface area contributed by atoms with Gasteiger partial charge in [-0.2, -0.15) is 0 Å². The van der Waals surface area contributed by atoms with Crippen molar-refractivity contribution in [2.75, 3.05) is 32.8 Å². The van der Waals surface area contributed by atoms with E-state index in [1.54, 1.807) is 0 Å². The molecule has 1 unspecified atom stereocenters. The van der Waals surface area contributed by atoms with Crippen molar-refractivity contribution >= 4 is 5.91 Å². The molecule has 5 nitrogen and oxygen atoms in total. The molecule has 3 saturated heterocycles. The van der Waals surface area contributed by atoms with Gasteiger partial charge in [0.05, 0.1) is 19.3 Å². The zero-order valence-corrected chi connectivity index (χ0v) is 10.8. The van der Waals surface area contributed by atoms with E-state index in [1.807, 2.05) is 0 Å². The van der Waals surface area contributed by atoms with Crippen LogP contribution >= 0.6 is 0 Å². The first kappa shape index (κ1) is 12.4. The SMILES string of the molecule is O=C1NCCCCC1N1CCC2(CC1)OCCO2. The predicted octanol–water partition coefficient (Wildman–Crippen LogP) is 0.494. The highest BCUT2D eigenvalue weighted by Gasteiger charge is 2.42. The second-order valence-corrected chi connectivity index (χ2v) is 5.45. The summed E-state index contributed by atoms with van der Waals surface area (Å²) in [6, 6.07) is 0.0613. The molecule has 1 spiro atoms. The van der Waals surface area contributed by atoms with Crippen LogP contribution in [-0.4, -0.2) is 55.5 Å². The lowest BCUT2D eigenvalue weighted by molar-refractivity contribution is -0.188. The van der Waals surface area contributed by atoms with Crippen LogP contribution < -0.4 is 5.32 Å². The number of nitrogens with one attached hydrogen (secondary N) is 1. The van der Waals surface area contributed by atoms with Gasteiger partial charge in [0.15, 0.2) is 5.79 Å². The summed E-state index contributed by atoms with van der Waals surface area (Å²) < 4.78 is 11.4. The first-order valence-corrected chi connectivity index (χ1v) is 7.09. The quantitative estimate of drug-likeness (QED) is 0.740. The molecule has 3 fully saturated rings. The van der Waals surface area contributed by atoms with E-state index >= 15 is 0 Å². The van der Waals surface area contributed by atoms with Gasteiger partial charge in [-0.3, -0.25) is 9.69 Å². The maximum atomic E-state index is 12.0. The van der Waals surface area contributed by atoms with E-state index < -0.39 is 0 Å². The van der Waals surface area contributed by atoms with Crippen LogP contribution in [0.15, 0.2) is 0 Å². The molecule has 3 aliphatic rings. The van der Waals surface area contributed by atoms with Crippen LogP contribution in [0.1, 0.15) is 32.1 Å². The molecule has 0 aromatic rings. The fraction of sp³-hybridized carbons (Fsp3) is 0.923. The maximum absolute atomic E-state index is 12.0. The van der Waals surface area contributed by atoms with Gasteiger partial charge in [0.1, 0.15) is 0 Å². The lowest BCUT2D eigenvalue weighted by Crippen LogP contribution is -2.53. The number of nitrogens with zero attached hydrogens (tertiary/aromatic N) is 1. The van der Waals surface area contributed by atoms with Gasteiger partial charge in [-0.25, -0.2) is 0 Å². The number of ether oxygens (including phenoxy) is 2. The molecule has 1 N–H and O–H groups in total. The van der Waals surface area contributed by atoms with Crippen LogP contribution in [0.4, 0.5) is 0 Å². The monoisotopic (exact) mass is 254 g/mol. The van der Waals surface area contributed by atoms with E-state index in [9.17, 15) is 4.79 Å². The van der Waals surface area contributed by atoms with Crippen LogP contribution in [0, 0.1) is 0 Å². The van der Waals surface area contributed by atoms with Gasteiger partial charge in [0, 0.05) is 32.5 Å². The Hall–Kier alpha value is -0.650. The smallest absolute Gasteiger partial charge is 0.237 e. The number of rotatable bonds is 1. The van der Waals surface area contributed by atoms with E-state index in [0.717, 1.165) is 51.7 Å². The Labute approximate surface area is 108 Å². The molecule has 0 radical (unpaired) electrons. The van der Waals surface area contributed by atoms with Crippen molar-refractivity contribution in [1.29, 1.82) is 0 Å². The Morgan fingerprint density at radius 3 is 2.61 bits per heavy atom. The van der Waals surface area contributed by atoms with Crippen LogP contribution in [0.5, 0.6) is 0 Å². The number of carbonyl (C=O) groups excluding carboxylic acids is 1. The Morgan fingerprint density at radius 1 is 1.17 bits per heavy atom. The third-order valence-electron chi connectivity index (χ3n) is 4.32. The molecular formula is C13H22N2O3. The molecule has 102 valence electrons. The average Bonchev–Trinajstić information content (AvgIpc) is 2.73. The minimum Gasteiger partial charge on any atom is -0.355 e. The van der Waals surface area contributed by atoms with Crippen molar-refractivity contribution in [3.8, 4) is 0 Å². The molecule has 3 rings (SSSR count). The highest BCUT2D eigenvalue weighted by molar-refractivity contribution is 5.81. The molecule has 5 heteroatoms. The Bertz CT molecular complexity index is 305. The molecule has 0 saturated carbocycles. The number of carbonyl (C=O) groups is 1. The number of hydrogen-bond donors (Lipinski definition) is 1. The number of piperidine rings is 1. The number of hydrogen-bond acceptors (Lipinski definition) is 4. The highest BCUT2D eigenvalue weighted by Crippen LogP contribution is 2.32. The molecule has 3 heterocycles. The largest absolute Gasteiger partial charge is 0.355 e. The van der Waals surface area contributed by atoms with Gasteiger partial charge < -0.3 is 14.8 Å². The molecule has 1 atom stereocenters. The molecule has 18 heavy (non-hydrogen) atoms. The van der Waals surface area contributed by atoms with Crippen LogP contribution in [-0.2, 0) is 14.3 Å². The second kappa shape index (κ2) is 5.15. The Balaban J connectivity index is 1.59. The normalized spacial score (nSPS) is 33.3. The molecule has 0 aromatic heterocycles. The number of amides is 1. The van der Waals surface area contributed by atoms with Gasteiger partial charge in [-0.05, 0) is 19.3 Å². The molecule has 0 aliphatic carbocycles. The van der Waals surface area contributed by atoms with Gasteiger partial charge >= 0.3 is 0 Å². The highest BCUT2D eigenvalue weighted by atomic mass is 16.7. The van der Waals surface area contributed by atoms with Crippen molar-refractivity contribution in [2.45, 2.75) is 43.9 Å². The fourth-order valence-corrected chi connectivity index (χ4v) is 3.23. The van der Waals surface area contributed by atoms with E-state index in [2.05, 4.69) is 10.2 Å². The van der Waals surface area contributed by atoms with Gasteiger partial charge in [-0.1, -0.05) is 0 Å². The van der Waals surface area contributed by atoms with E-state index in [-0.39, 0.29) is 17.7 Å². The summed E-state index contributed by atoms with van der Waals surface area (Å²) in [5.41, 5.74) is 0. The van der Waals surface area contributed by atoms with Gasteiger partial charge in [0.25, 0.3) is 0 Å². The summed E-state index contributed by atoms with van der Waals surface area (Å²) in [4.78, 5) is 14.3. The Morgan fingerprint density at radius 2 is 1.89 bits per heavy atom. The summed E-state index contributed by atoms with van der Waals surface area (Å²) in [6.07, 6.45) is 5.00. The van der Waals surface area contributed by atoms with Crippen molar-refractivity contribution in [3.05, 3.63) is 0 Å². The molecule has 1 amide bonds. The average molecular weight is 254 g/mol. The van der Waals surface area contributed by atoms with Gasteiger partial charge in [0.2, 0.25) is 5.91 Å². The van der Waals surface area contributed by atoms with Crippen LogP contribution in [0.3, 0.4) is 0 Å². The fourth-order valence-electron chi connectivity index (χ4n) is 3.23. The van der Waals surface area contributed by atoms with Crippen molar-refractivity contribution < 1.29 is 14.3 Å². The summed E-state index contributed by atoms with van der Waals surface area (Å²) in [6.45, 7) is 4.06. The lowest BCUT2D eigenvalue weighted by Gasteiger charge is -2.40. The molecule has 3 aliphatic heterocycles. The zero-order valence-electron chi connectivity index (χ0n) is 10.8. The zero-order chi connectivity index (χ0) is 12.4. The minimum atomic E-state index is -0.336.